The van der Waals surface area contributed by atoms with Gasteiger partial charge in [0.25, 0.3) is 0 Å². The van der Waals surface area contributed by atoms with Crippen molar-refractivity contribution in [2.24, 2.45) is 17.1 Å². The topological polar surface area (TPSA) is 92.4 Å². The Hall–Kier alpha value is -1.10. The summed E-state index contributed by atoms with van der Waals surface area (Å²) >= 11 is 0. The molecule has 0 aliphatic carbocycles. The maximum Gasteiger partial charge on any atom is 0.326 e. The second kappa shape index (κ2) is 6.73. The van der Waals surface area contributed by atoms with Crippen LogP contribution in [0.2, 0.25) is 0 Å². The normalized spacial score (nSPS) is 16.8. The largest absolute Gasteiger partial charge is 0.480 e. The van der Waals surface area contributed by atoms with Crippen LogP contribution in [-0.4, -0.2) is 29.1 Å². The molecular formula is C13H26N2O3. The Kier molecular flexibility index (Phi) is 6.32. The molecule has 0 fully saturated rings. The van der Waals surface area contributed by atoms with Gasteiger partial charge in [0.05, 0.1) is 0 Å². The third-order valence-corrected chi connectivity index (χ3v) is 3.31. The molecule has 18 heavy (non-hydrogen) atoms. The van der Waals surface area contributed by atoms with Gasteiger partial charge >= 0.3 is 5.97 Å². The summed E-state index contributed by atoms with van der Waals surface area (Å²) in [4.78, 5) is 22.9. The number of hydrogen-bond acceptors (Lipinski definition) is 3. The lowest BCUT2D eigenvalue weighted by Crippen LogP contribution is -2.48. The van der Waals surface area contributed by atoms with Crippen molar-refractivity contribution >= 4 is 11.9 Å². The molecule has 4 N–H and O–H groups in total. The smallest absolute Gasteiger partial charge is 0.326 e. The second-order valence-electron chi connectivity index (χ2n) is 5.95. The molecule has 3 atom stereocenters. The summed E-state index contributed by atoms with van der Waals surface area (Å²) in [5.41, 5.74) is 5.73. The maximum absolute atomic E-state index is 11.8. The van der Waals surface area contributed by atoms with Crippen LogP contribution >= 0.6 is 0 Å². The van der Waals surface area contributed by atoms with E-state index in [1.54, 1.807) is 0 Å². The lowest BCUT2D eigenvalue weighted by Gasteiger charge is -2.27. The standard InChI is InChI=1S/C13H26N2O3/c1-6-8(2)11(12(17)18)15-10(16)7-9(14)13(3,4)5/h8-9,11H,6-7,14H2,1-5H3,(H,15,16)(H,17,18)/t8?,9?,11-/m0/s1. The summed E-state index contributed by atoms with van der Waals surface area (Å²) in [7, 11) is 0. The van der Waals surface area contributed by atoms with E-state index in [1.165, 1.54) is 0 Å². The zero-order valence-electron chi connectivity index (χ0n) is 12.0. The fourth-order valence-electron chi connectivity index (χ4n) is 1.42. The van der Waals surface area contributed by atoms with Crippen LogP contribution < -0.4 is 11.1 Å². The molecule has 0 aliphatic rings. The van der Waals surface area contributed by atoms with E-state index < -0.39 is 12.0 Å². The molecule has 0 radical (unpaired) electrons. The molecule has 0 aromatic carbocycles. The van der Waals surface area contributed by atoms with Crippen LogP contribution in [-0.2, 0) is 9.59 Å². The van der Waals surface area contributed by atoms with Gasteiger partial charge in [-0.1, -0.05) is 41.0 Å². The minimum atomic E-state index is -0.998. The molecule has 106 valence electrons. The SMILES string of the molecule is CCC(C)[C@H](NC(=O)CC(N)C(C)(C)C)C(=O)O. The number of carboxylic acid groups (broad SMARTS) is 1. The van der Waals surface area contributed by atoms with Crippen molar-refractivity contribution in [3.05, 3.63) is 0 Å². The predicted octanol–water partition coefficient (Wildman–Crippen LogP) is 1.37. The average molecular weight is 258 g/mol. The van der Waals surface area contributed by atoms with Gasteiger partial charge in [-0.05, 0) is 11.3 Å². The van der Waals surface area contributed by atoms with Gasteiger partial charge in [-0.2, -0.15) is 0 Å². The molecule has 0 heterocycles. The van der Waals surface area contributed by atoms with E-state index in [0.29, 0.717) is 6.42 Å². The van der Waals surface area contributed by atoms with E-state index in [-0.39, 0.29) is 29.7 Å². The minimum Gasteiger partial charge on any atom is -0.480 e. The molecule has 0 saturated heterocycles. The zero-order chi connectivity index (χ0) is 14.5. The van der Waals surface area contributed by atoms with Gasteiger partial charge in [-0.15, -0.1) is 0 Å². The first-order chi connectivity index (χ1) is 8.09. The third kappa shape index (κ3) is 5.49. The van der Waals surface area contributed by atoms with Gasteiger partial charge in [0, 0.05) is 12.5 Å². The summed E-state index contributed by atoms with van der Waals surface area (Å²) in [6.07, 6.45) is 0.840. The minimum absolute atomic E-state index is 0.0997. The quantitative estimate of drug-likeness (QED) is 0.671. The number of carboxylic acids is 1. The van der Waals surface area contributed by atoms with Gasteiger partial charge in [-0.25, -0.2) is 4.79 Å². The molecule has 5 heteroatoms. The maximum atomic E-state index is 11.8. The summed E-state index contributed by atoms with van der Waals surface area (Å²) < 4.78 is 0. The molecule has 0 aromatic rings. The van der Waals surface area contributed by atoms with E-state index >= 15 is 0 Å². The fraction of sp³-hybridized carbons (Fsp3) is 0.846. The number of carbonyl (C=O) groups is 2. The fourth-order valence-corrected chi connectivity index (χ4v) is 1.42. The van der Waals surface area contributed by atoms with Crippen LogP contribution in [0.4, 0.5) is 0 Å². The Balaban J connectivity index is 4.49. The number of hydrogen-bond donors (Lipinski definition) is 3. The van der Waals surface area contributed by atoms with Gasteiger partial charge < -0.3 is 16.2 Å². The van der Waals surface area contributed by atoms with Gasteiger partial charge in [0.15, 0.2) is 0 Å². The summed E-state index contributed by atoms with van der Waals surface area (Å²) in [5, 5.41) is 11.6. The lowest BCUT2D eigenvalue weighted by atomic mass is 9.85. The predicted molar refractivity (Wildman–Crippen MR) is 71.1 cm³/mol. The number of carbonyl (C=O) groups excluding carboxylic acids is 1. The van der Waals surface area contributed by atoms with Crippen molar-refractivity contribution in [3.8, 4) is 0 Å². The van der Waals surface area contributed by atoms with Crippen LogP contribution in [0.15, 0.2) is 0 Å². The number of aliphatic carboxylic acids is 1. The van der Waals surface area contributed by atoms with Crippen molar-refractivity contribution in [1.29, 1.82) is 0 Å². The van der Waals surface area contributed by atoms with Crippen LogP contribution in [0.1, 0.15) is 47.5 Å². The number of nitrogens with one attached hydrogen (secondary N) is 1. The Morgan fingerprint density at radius 1 is 1.33 bits per heavy atom. The Bertz CT molecular complexity index is 297. The van der Waals surface area contributed by atoms with E-state index in [4.69, 9.17) is 10.8 Å². The highest BCUT2D eigenvalue weighted by Crippen LogP contribution is 2.19. The lowest BCUT2D eigenvalue weighted by molar-refractivity contribution is -0.143. The average Bonchev–Trinajstić information content (AvgIpc) is 2.23. The van der Waals surface area contributed by atoms with Crippen LogP contribution in [0.5, 0.6) is 0 Å². The Morgan fingerprint density at radius 2 is 1.83 bits per heavy atom. The highest BCUT2D eigenvalue weighted by Gasteiger charge is 2.28. The second-order valence-corrected chi connectivity index (χ2v) is 5.95. The molecule has 2 unspecified atom stereocenters. The van der Waals surface area contributed by atoms with Crippen LogP contribution in [0, 0.1) is 11.3 Å². The number of nitrogens with two attached hydrogens (primary N) is 1. The zero-order valence-corrected chi connectivity index (χ0v) is 12.0. The first-order valence-corrected chi connectivity index (χ1v) is 6.37. The van der Waals surface area contributed by atoms with E-state index in [9.17, 15) is 9.59 Å². The molecule has 0 bridgehead atoms. The highest BCUT2D eigenvalue weighted by atomic mass is 16.4. The number of rotatable bonds is 6. The van der Waals surface area contributed by atoms with E-state index in [1.807, 2.05) is 34.6 Å². The number of amides is 1. The summed E-state index contributed by atoms with van der Waals surface area (Å²) in [6, 6.07) is -1.13. The van der Waals surface area contributed by atoms with E-state index in [2.05, 4.69) is 5.32 Å². The van der Waals surface area contributed by atoms with Crippen molar-refractivity contribution in [2.75, 3.05) is 0 Å². The van der Waals surface area contributed by atoms with Crippen LogP contribution in [0.3, 0.4) is 0 Å². The van der Waals surface area contributed by atoms with Gasteiger partial charge in [0.1, 0.15) is 6.04 Å². The summed E-state index contributed by atoms with van der Waals surface area (Å²) in [5.74, 6) is -1.40. The molecule has 0 aliphatic heterocycles. The van der Waals surface area contributed by atoms with Crippen LogP contribution in [0.25, 0.3) is 0 Å². The molecular weight excluding hydrogens is 232 g/mol. The Morgan fingerprint density at radius 3 is 2.17 bits per heavy atom. The van der Waals surface area contributed by atoms with E-state index in [0.717, 1.165) is 0 Å². The third-order valence-electron chi connectivity index (χ3n) is 3.31. The van der Waals surface area contributed by atoms with Crippen molar-refractivity contribution in [3.63, 3.8) is 0 Å². The van der Waals surface area contributed by atoms with Gasteiger partial charge in [-0.3, -0.25) is 4.79 Å². The van der Waals surface area contributed by atoms with Crippen molar-refractivity contribution in [2.45, 2.75) is 59.5 Å². The summed E-state index contributed by atoms with van der Waals surface area (Å²) in [6.45, 7) is 9.56. The molecule has 0 saturated carbocycles. The molecule has 1 amide bonds. The van der Waals surface area contributed by atoms with Crippen molar-refractivity contribution in [1.82, 2.24) is 5.32 Å². The Labute approximate surface area is 109 Å². The monoisotopic (exact) mass is 258 g/mol. The first kappa shape index (κ1) is 16.9. The first-order valence-electron chi connectivity index (χ1n) is 6.37. The highest BCUT2D eigenvalue weighted by molar-refractivity contribution is 5.84. The molecule has 5 nitrogen and oxygen atoms in total. The molecule has 0 rings (SSSR count). The van der Waals surface area contributed by atoms with Crippen molar-refractivity contribution < 1.29 is 14.7 Å². The molecule has 0 spiro atoms. The van der Waals surface area contributed by atoms with Gasteiger partial charge in [0.2, 0.25) is 5.91 Å². The molecule has 0 aromatic heterocycles.